The van der Waals surface area contributed by atoms with Gasteiger partial charge in [-0.05, 0) is 105 Å². The van der Waals surface area contributed by atoms with Gasteiger partial charge in [-0.25, -0.2) is 9.78 Å². The fourth-order valence-electron chi connectivity index (χ4n) is 6.37. The van der Waals surface area contributed by atoms with E-state index >= 15 is 0 Å². The maximum atomic E-state index is 11.6. The third-order valence-electron chi connectivity index (χ3n) is 9.54. The van der Waals surface area contributed by atoms with Crippen molar-refractivity contribution in [2.45, 2.75) is 92.3 Å². The first-order valence-corrected chi connectivity index (χ1v) is 16.7. The number of pyridine rings is 1. The summed E-state index contributed by atoms with van der Waals surface area (Å²) in [6.45, 7) is 16.8. The molecule has 4 heterocycles. The van der Waals surface area contributed by atoms with Gasteiger partial charge in [-0.2, -0.15) is 9.78 Å². The van der Waals surface area contributed by atoms with Gasteiger partial charge in [-0.1, -0.05) is 50.2 Å². The summed E-state index contributed by atoms with van der Waals surface area (Å²) >= 11 is 0. The van der Waals surface area contributed by atoms with E-state index in [0.717, 1.165) is 49.4 Å². The molecule has 0 amide bonds. The summed E-state index contributed by atoms with van der Waals surface area (Å²) < 4.78 is 12.9. The predicted molar refractivity (Wildman–Crippen MR) is 182 cm³/mol. The van der Waals surface area contributed by atoms with Crippen molar-refractivity contribution < 1.29 is 19.4 Å². The van der Waals surface area contributed by atoms with E-state index in [1.54, 1.807) is 22.8 Å². The van der Waals surface area contributed by atoms with Crippen LogP contribution in [0.3, 0.4) is 0 Å². The van der Waals surface area contributed by atoms with E-state index in [2.05, 4.69) is 55.9 Å². The molecule has 0 radical (unpaired) electrons. The Hall–Kier alpha value is -4.01. The molecule has 2 aliphatic heterocycles. The number of aromatic carboxylic acids is 1. The molecule has 0 bridgehead atoms. The number of rotatable bonds is 8. The van der Waals surface area contributed by atoms with E-state index in [0.29, 0.717) is 11.9 Å². The highest BCUT2D eigenvalue weighted by Crippen LogP contribution is 2.29. The highest BCUT2D eigenvalue weighted by atomic mass is 16.5. The predicted octanol–water partition coefficient (Wildman–Crippen LogP) is 7.52. The Kier molecular flexibility index (Phi) is 10.9. The van der Waals surface area contributed by atoms with Crippen molar-refractivity contribution >= 4 is 5.97 Å². The molecule has 2 aromatic heterocycles. The van der Waals surface area contributed by atoms with E-state index in [4.69, 9.17) is 14.5 Å². The molecule has 2 aliphatic rings. The van der Waals surface area contributed by atoms with Crippen LogP contribution in [0.15, 0.2) is 54.7 Å². The maximum Gasteiger partial charge on any atom is 0.342 e. The number of nitrogens with zero attached hydrogens (tertiary/aromatic N) is 4. The van der Waals surface area contributed by atoms with Gasteiger partial charge in [0.15, 0.2) is 5.82 Å². The number of fused-ring (bicyclic) bond motifs is 1. The standard InChI is InChI=1S/C21H23N3O3.C17H25NO/c1-5-14(3)27-20-17(21(25)26)12-22-24(20)19-11-7-10-18(23-19)16-9-6-8-13(2)15(16)4;1-3-14-6-7-15-11-18(9-8-17(15)13(14)2)16-5-4-10-19-12-16/h6-12,14H,5H2,1-4H3,(H,25,26);6-7,16H,3-5,8-12H2,1-2H3/t14-;/m0./s1. The normalized spacial score (nSPS) is 17.0. The lowest BCUT2D eigenvalue weighted by molar-refractivity contribution is 0.0125. The van der Waals surface area contributed by atoms with Gasteiger partial charge in [0.05, 0.1) is 24.6 Å². The highest BCUT2D eigenvalue weighted by Gasteiger charge is 2.26. The molecule has 0 spiro atoms. The molecule has 2 aromatic carbocycles. The number of carbonyl (C=O) groups is 1. The van der Waals surface area contributed by atoms with Gasteiger partial charge in [0.25, 0.3) is 0 Å². The summed E-state index contributed by atoms with van der Waals surface area (Å²) in [5.41, 5.74) is 10.4. The Morgan fingerprint density at radius 2 is 1.89 bits per heavy atom. The Balaban J connectivity index is 0.000000192. The number of aryl methyl sites for hydroxylation is 2. The smallest absolute Gasteiger partial charge is 0.342 e. The van der Waals surface area contributed by atoms with Crippen LogP contribution in [-0.4, -0.2) is 62.6 Å². The number of benzene rings is 2. The van der Waals surface area contributed by atoms with Gasteiger partial charge in [0, 0.05) is 31.3 Å². The second-order valence-corrected chi connectivity index (χ2v) is 12.5. The molecule has 1 saturated heterocycles. The fraction of sp³-hybridized carbons (Fsp3) is 0.447. The van der Waals surface area contributed by atoms with Gasteiger partial charge < -0.3 is 14.6 Å². The molecule has 244 valence electrons. The number of ether oxygens (including phenoxy) is 2. The fourth-order valence-corrected chi connectivity index (χ4v) is 6.37. The third kappa shape index (κ3) is 7.34. The van der Waals surface area contributed by atoms with Crippen LogP contribution in [0, 0.1) is 20.8 Å². The number of carboxylic acid groups (broad SMARTS) is 1. The van der Waals surface area contributed by atoms with Crippen LogP contribution < -0.4 is 4.74 Å². The van der Waals surface area contributed by atoms with Crippen molar-refractivity contribution in [3.05, 3.63) is 93.7 Å². The van der Waals surface area contributed by atoms with Crippen LogP contribution >= 0.6 is 0 Å². The van der Waals surface area contributed by atoms with Gasteiger partial charge in [0.1, 0.15) is 5.56 Å². The summed E-state index contributed by atoms with van der Waals surface area (Å²) in [5.74, 6) is -0.369. The van der Waals surface area contributed by atoms with Crippen molar-refractivity contribution in [3.8, 4) is 23.0 Å². The minimum absolute atomic E-state index is 0.0224. The average molecular weight is 625 g/mol. The van der Waals surface area contributed by atoms with Crippen molar-refractivity contribution in [1.82, 2.24) is 19.7 Å². The topological polar surface area (TPSA) is 89.7 Å². The van der Waals surface area contributed by atoms with Crippen LogP contribution in [0.5, 0.6) is 5.88 Å². The van der Waals surface area contributed by atoms with Crippen LogP contribution in [0.1, 0.15) is 83.8 Å². The first kappa shape index (κ1) is 33.4. The molecule has 6 rings (SSSR count). The molecule has 1 N–H and O–H groups in total. The van der Waals surface area contributed by atoms with E-state index in [9.17, 15) is 9.90 Å². The minimum Gasteiger partial charge on any atom is -0.477 e. The zero-order chi connectivity index (χ0) is 32.8. The zero-order valence-electron chi connectivity index (χ0n) is 28.2. The van der Waals surface area contributed by atoms with Gasteiger partial charge >= 0.3 is 5.97 Å². The Morgan fingerprint density at radius 1 is 1.09 bits per heavy atom. The molecule has 0 saturated carbocycles. The van der Waals surface area contributed by atoms with Crippen LogP contribution in [0.4, 0.5) is 0 Å². The largest absolute Gasteiger partial charge is 0.477 e. The number of hydrogen-bond donors (Lipinski definition) is 1. The molecular formula is C38H48N4O4. The van der Waals surface area contributed by atoms with Crippen LogP contribution in [-0.2, 0) is 24.1 Å². The minimum atomic E-state index is -1.08. The maximum absolute atomic E-state index is 11.6. The van der Waals surface area contributed by atoms with Gasteiger partial charge in [-0.15, -0.1) is 0 Å². The third-order valence-corrected chi connectivity index (χ3v) is 9.54. The summed E-state index contributed by atoms with van der Waals surface area (Å²) in [6.07, 6.45) is 6.81. The average Bonchev–Trinajstić information content (AvgIpc) is 3.50. The Morgan fingerprint density at radius 3 is 2.61 bits per heavy atom. The van der Waals surface area contributed by atoms with Gasteiger partial charge in [-0.3, -0.25) is 4.90 Å². The molecule has 4 aromatic rings. The molecular weight excluding hydrogens is 576 g/mol. The van der Waals surface area contributed by atoms with Crippen molar-refractivity contribution in [1.29, 1.82) is 0 Å². The van der Waals surface area contributed by atoms with Gasteiger partial charge in [0.2, 0.25) is 5.88 Å². The van der Waals surface area contributed by atoms with Crippen LogP contribution in [0.2, 0.25) is 0 Å². The molecule has 1 fully saturated rings. The molecule has 0 aliphatic carbocycles. The van der Waals surface area contributed by atoms with Crippen molar-refractivity contribution in [2.75, 3.05) is 19.8 Å². The first-order chi connectivity index (χ1) is 22.2. The monoisotopic (exact) mass is 624 g/mol. The van der Waals surface area contributed by atoms with E-state index in [-0.39, 0.29) is 17.5 Å². The number of carboxylic acids is 1. The zero-order valence-corrected chi connectivity index (χ0v) is 28.2. The van der Waals surface area contributed by atoms with E-state index < -0.39 is 5.97 Å². The molecule has 1 unspecified atom stereocenters. The summed E-state index contributed by atoms with van der Waals surface area (Å²) in [6, 6.07) is 17.0. The number of aromatic nitrogens is 3. The van der Waals surface area contributed by atoms with Crippen molar-refractivity contribution in [3.63, 3.8) is 0 Å². The van der Waals surface area contributed by atoms with E-state index in [1.165, 1.54) is 47.8 Å². The summed E-state index contributed by atoms with van der Waals surface area (Å²) in [5, 5.41) is 13.7. The lowest BCUT2D eigenvalue weighted by Gasteiger charge is -2.38. The second kappa shape index (κ2) is 15.1. The first-order valence-electron chi connectivity index (χ1n) is 16.7. The molecule has 46 heavy (non-hydrogen) atoms. The quantitative estimate of drug-likeness (QED) is 0.217. The number of hydrogen-bond acceptors (Lipinski definition) is 6. The molecule has 8 nitrogen and oxygen atoms in total. The second-order valence-electron chi connectivity index (χ2n) is 12.5. The lowest BCUT2D eigenvalue weighted by Crippen LogP contribution is -2.43. The highest BCUT2D eigenvalue weighted by molar-refractivity contribution is 5.90. The van der Waals surface area contributed by atoms with Crippen molar-refractivity contribution in [2.24, 2.45) is 0 Å². The summed E-state index contributed by atoms with van der Waals surface area (Å²) in [4.78, 5) is 18.9. The molecule has 2 atom stereocenters. The summed E-state index contributed by atoms with van der Waals surface area (Å²) in [7, 11) is 0. The SMILES string of the molecule is CC[C@H](C)Oc1c(C(=O)O)cnn1-c1cccc(-c2cccc(C)c2C)n1.CCc1ccc2c(c1C)CCN(C1CCCOC1)C2. The Labute approximate surface area is 273 Å². The van der Waals surface area contributed by atoms with E-state index in [1.807, 2.05) is 38.1 Å². The van der Waals surface area contributed by atoms with Crippen LogP contribution in [0.25, 0.3) is 17.1 Å². The Bertz CT molecular complexity index is 1660. The lowest BCUT2D eigenvalue weighted by atomic mass is 9.90. The molecule has 8 heteroatoms.